The van der Waals surface area contributed by atoms with Crippen LogP contribution in [0, 0.1) is 0 Å². The first kappa shape index (κ1) is 15.7. The third-order valence-corrected chi connectivity index (χ3v) is 4.20. The molecule has 1 aliphatic rings. The lowest BCUT2D eigenvalue weighted by atomic mass is 9.97. The number of aromatic nitrogens is 3. The SMILES string of the molecule is C[C@@H](O)C[C@H]1CCCCN1C(=O)c1cnn(-c2ccccc2)n1. The van der Waals surface area contributed by atoms with Crippen molar-refractivity contribution in [1.82, 2.24) is 19.9 Å². The summed E-state index contributed by atoms with van der Waals surface area (Å²) in [4.78, 5) is 16.1. The number of piperidine rings is 1. The van der Waals surface area contributed by atoms with Crippen LogP contribution in [-0.4, -0.2) is 49.6 Å². The van der Waals surface area contributed by atoms with E-state index >= 15 is 0 Å². The van der Waals surface area contributed by atoms with E-state index in [0.717, 1.165) is 24.9 Å². The summed E-state index contributed by atoms with van der Waals surface area (Å²) in [6.07, 6.45) is 4.74. The van der Waals surface area contributed by atoms with Gasteiger partial charge in [0.15, 0.2) is 5.69 Å². The average molecular weight is 314 g/mol. The zero-order chi connectivity index (χ0) is 16.2. The van der Waals surface area contributed by atoms with Gasteiger partial charge < -0.3 is 10.0 Å². The molecule has 0 radical (unpaired) electrons. The largest absolute Gasteiger partial charge is 0.393 e. The van der Waals surface area contributed by atoms with Crippen LogP contribution >= 0.6 is 0 Å². The molecule has 0 saturated carbocycles. The van der Waals surface area contributed by atoms with E-state index in [-0.39, 0.29) is 11.9 Å². The number of rotatable bonds is 4. The number of benzene rings is 1. The Bertz CT molecular complexity index is 654. The van der Waals surface area contributed by atoms with Crippen molar-refractivity contribution in [3.63, 3.8) is 0 Å². The lowest BCUT2D eigenvalue weighted by Crippen LogP contribution is -2.45. The Morgan fingerprint density at radius 3 is 2.87 bits per heavy atom. The highest BCUT2D eigenvalue weighted by Crippen LogP contribution is 2.22. The minimum atomic E-state index is -0.409. The van der Waals surface area contributed by atoms with E-state index in [1.165, 1.54) is 11.0 Å². The summed E-state index contributed by atoms with van der Waals surface area (Å²) in [5, 5.41) is 18.2. The van der Waals surface area contributed by atoms with Gasteiger partial charge in [-0.3, -0.25) is 4.79 Å². The standard InChI is InChI=1S/C17H22N4O2/c1-13(22)11-15-9-5-6-10-20(15)17(23)16-12-18-21(19-16)14-7-3-2-4-8-14/h2-4,7-8,12-13,15,22H,5-6,9-11H2,1H3/t13-,15-/m1/s1. The quantitative estimate of drug-likeness (QED) is 0.937. The molecule has 0 spiro atoms. The minimum absolute atomic E-state index is 0.0816. The number of carbonyl (C=O) groups excluding carboxylic acids is 1. The van der Waals surface area contributed by atoms with Gasteiger partial charge in [0.25, 0.3) is 5.91 Å². The summed E-state index contributed by atoms with van der Waals surface area (Å²) in [7, 11) is 0. The molecular formula is C17H22N4O2. The van der Waals surface area contributed by atoms with Crippen LogP contribution in [0.15, 0.2) is 36.5 Å². The summed E-state index contributed by atoms with van der Waals surface area (Å²) in [6, 6.07) is 9.61. The van der Waals surface area contributed by atoms with Gasteiger partial charge in [-0.25, -0.2) is 0 Å². The van der Waals surface area contributed by atoms with Crippen molar-refractivity contribution >= 4 is 5.91 Å². The minimum Gasteiger partial charge on any atom is -0.393 e. The van der Waals surface area contributed by atoms with Gasteiger partial charge in [-0.15, -0.1) is 5.10 Å². The summed E-state index contributed by atoms with van der Waals surface area (Å²) >= 11 is 0. The molecule has 2 atom stereocenters. The fourth-order valence-corrected chi connectivity index (χ4v) is 3.10. The Balaban J connectivity index is 1.78. The number of aliphatic hydroxyl groups excluding tert-OH is 1. The molecule has 1 N–H and O–H groups in total. The predicted molar refractivity (Wildman–Crippen MR) is 86.3 cm³/mol. The Labute approximate surface area is 135 Å². The molecule has 1 aromatic heterocycles. The van der Waals surface area contributed by atoms with Crippen molar-refractivity contribution in [2.45, 2.75) is 44.8 Å². The lowest BCUT2D eigenvalue weighted by molar-refractivity contribution is 0.0509. The van der Waals surface area contributed by atoms with Crippen LogP contribution in [0.1, 0.15) is 43.1 Å². The number of carbonyl (C=O) groups is 1. The normalized spacial score (nSPS) is 19.6. The number of para-hydroxylation sites is 1. The van der Waals surface area contributed by atoms with Crippen LogP contribution in [-0.2, 0) is 0 Å². The zero-order valence-corrected chi connectivity index (χ0v) is 13.3. The van der Waals surface area contributed by atoms with Gasteiger partial charge >= 0.3 is 0 Å². The first-order valence-corrected chi connectivity index (χ1v) is 8.12. The maximum atomic E-state index is 12.8. The molecule has 1 aromatic carbocycles. The van der Waals surface area contributed by atoms with Gasteiger partial charge in [0.1, 0.15) is 0 Å². The maximum absolute atomic E-state index is 12.8. The third kappa shape index (κ3) is 3.59. The molecule has 1 amide bonds. The highest BCUT2D eigenvalue weighted by molar-refractivity contribution is 5.92. The molecule has 3 rings (SSSR count). The van der Waals surface area contributed by atoms with Crippen LogP contribution in [0.5, 0.6) is 0 Å². The van der Waals surface area contributed by atoms with Gasteiger partial charge in [0.2, 0.25) is 0 Å². The molecule has 6 heteroatoms. The molecule has 2 heterocycles. The summed E-state index contributed by atoms with van der Waals surface area (Å²) in [5.41, 5.74) is 1.18. The van der Waals surface area contributed by atoms with Crippen molar-refractivity contribution < 1.29 is 9.90 Å². The zero-order valence-electron chi connectivity index (χ0n) is 13.3. The Hall–Kier alpha value is -2.21. The second kappa shape index (κ2) is 6.91. The highest BCUT2D eigenvalue weighted by atomic mass is 16.3. The van der Waals surface area contributed by atoms with Gasteiger partial charge in [-0.1, -0.05) is 18.2 Å². The number of likely N-dealkylation sites (tertiary alicyclic amines) is 1. The molecule has 6 nitrogen and oxygen atoms in total. The van der Waals surface area contributed by atoms with Gasteiger partial charge in [0.05, 0.1) is 18.0 Å². The highest BCUT2D eigenvalue weighted by Gasteiger charge is 2.29. The molecule has 122 valence electrons. The average Bonchev–Trinajstić information content (AvgIpc) is 3.05. The molecule has 0 unspecified atom stereocenters. The van der Waals surface area contributed by atoms with E-state index in [0.29, 0.717) is 18.7 Å². The maximum Gasteiger partial charge on any atom is 0.276 e. The molecule has 0 aliphatic carbocycles. The molecular weight excluding hydrogens is 292 g/mol. The number of nitrogens with zero attached hydrogens (tertiary/aromatic N) is 4. The van der Waals surface area contributed by atoms with Crippen LogP contribution in [0.3, 0.4) is 0 Å². The van der Waals surface area contributed by atoms with E-state index in [1.54, 1.807) is 6.92 Å². The van der Waals surface area contributed by atoms with Gasteiger partial charge in [-0.2, -0.15) is 9.90 Å². The Morgan fingerprint density at radius 2 is 2.13 bits per heavy atom. The van der Waals surface area contributed by atoms with Crippen LogP contribution in [0.25, 0.3) is 5.69 Å². The number of hydrogen-bond donors (Lipinski definition) is 1. The monoisotopic (exact) mass is 314 g/mol. The summed E-state index contributed by atoms with van der Waals surface area (Å²) in [6.45, 7) is 2.48. The van der Waals surface area contributed by atoms with Gasteiger partial charge in [-0.05, 0) is 44.7 Å². The van der Waals surface area contributed by atoms with Crippen LogP contribution < -0.4 is 0 Å². The van der Waals surface area contributed by atoms with Crippen molar-refractivity contribution in [2.75, 3.05) is 6.54 Å². The number of hydrogen-bond acceptors (Lipinski definition) is 4. The summed E-state index contributed by atoms with van der Waals surface area (Å²) in [5.74, 6) is -0.0995. The van der Waals surface area contributed by atoms with E-state index in [2.05, 4.69) is 10.2 Å². The molecule has 1 saturated heterocycles. The number of amides is 1. The van der Waals surface area contributed by atoms with Crippen molar-refractivity contribution in [2.24, 2.45) is 0 Å². The smallest absolute Gasteiger partial charge is 0.276 e. The van der Waals surface area contributed by atoms with Crippen molar-refractivity contribution in [1.29, 1.82) is 0 Å². The van der Waals surface area contributed by atoms with Crippen LogP contribution in [0.2, 0.25) is 0 Å². The Kier molecular flexibility index (Phi) is 4.71. The lowest BCUT2D eigenvalue weighted by Gasteiger charge is -2.36. The molecule has 2 aromatic rings. The molecule has 23 heavy (non-hydrogen) atoms. The topological polar surface area (TPSA) is 71.2 Å². The van der Waals surface area contributed by atoms with E-state index in [4.69, 9.17) is 0 Å². The Morgan fingerprint density at radius 1 is 1.35 bits per heavy atom. The van der Waals surface area contributed by atoms with Crippen molar-refractivity contribution in [3.05, 3.63) is 42.2 Å². The second-order valence-electron chi connectivity index (χ2n) is 6.09. The van der Waals surface area contributed by atoms with Crippen LogP contribution in [0.4, 0.5) is 0 Å². The van der Waals surface area contributed by atoms with E-state index in [9.17, 15) is 9.90 Å². The van der Waals surface area contributed by atoms with Gasteiger partial charge in [0, 0.05) is 12.6 Å². The first-order chi connectivity index (χ1) is 11.1. The molecule has 0 bridgehead atoms. The fourth-order valence-electron chi connectivity index (χ4n) is 3.10. The van der Waals surface area contributed by atoms with Crippen molar-refractivity contribution in [3.8, 4) is 5.69 Å². The van der Waals surface area contributed by atoms with E-state index < -0.39 is 6.10 Å². The molecule has 1 aliphatic heterocycles. The predicted octanol–water partition coefficient (Wildman–Crippen LogP) is 2.03. The second-order valence-corrected chi connectivity index (χ2v) is 6.09. The first-order valence-electron chi connectivity index (χ1n) is 8.12. The van der Waals surface area contributed by atoms with E-state index in [1.807, 2.05) is 35.2 Å². The fraction of sp³-hybridized carbons (Fsp3) is 0.471. The number of aliphatic hydroxyl groups is 1. The molecule has 1 fully saturated rings. The summed E-state index contributed by atoms with van der Waals surface area (Å²) < 4.78 is 0. The third-order valence-electron chi connectivity index (χ3n) is 4.20.